The number of rotatable bonds is 4. The molecule has 0 aromatic heterocycles. The molecule has 3 aliphatic heterocycles. The Morgan fingerprint density at radius 3 is 2.48 bits per heavy atom. The van der Waals surface area contributed by atoms with Gasteiger partial charge in [-0.25, -0.2) is 9.59 Å². The molecule has 3 aliphatic rings. The zero-order chi connectivity index (χ0) is 15.4. The number of hydrogen-bond donors (Lipinski definition) is 1. The Kier molecular flexibility index (Phi) is 3.03. The zero-order valence-corrected chi connectivity index (χ0v) is 11.8. The Bertz CT molecular complexity index is 569. The van der Waals surface area contributed by atoms with Gasteiger partial charge in [-0.2, -0.15) is 0 Å². The number of ether oxygens (including phenoxy) is 4. The summed E-state index contributed by atoms with van der Waals surface area (Å²) in [5.41, 5.74) is -0.986. The molecule has 3 rings (SSSR count). The predicted molar refractivity (Wildman–Crippen MR) is 66.0 cm³/mol. The third kappa shape index (κ3) is 1.79. The average molecular weight is 297 g/mol. The fourth-order valence-corrected chi connectivity index (χ4v) is 3.08. The molecule has 4 unspecified atom stereocenters. The second kappa shape index (κ2) is 4.54. The molecule has 114 valence electrons. The van der Waals surface area contributed by atoms with Crippen LogP contribution >= 0.6 is 0 Å². The van der Waals surface area contributed by atoms with Crippen LogP contribution in [0.25, 0.3) is 0 Å². The highest BCUT2D eigenvalue weighted by Crippen LogP contribution is 2.58. The van der Waals surface area contributed by atoms with Crippen molar-refractivity contribution in [2.75, 3.05) is 20.8 Å². The number of epoxide rings is 1. The van der Waals surface area contributed by atoms with Gasteiger partial charge in [-0.1, -0.05) is 0 Å². The first-order valence-electron chi connectivity index (χ1n) is 6.45. The molecule has 0 spiro atoms. The van der Waals surface area contributed by atoms with Gasteiger partial charge in [-0.3, -0.25) is 4.79 Å². The van der Waals surface area contributed by atoms with Gasteiger partial charge in [0, 0.05) is 6.92 Å². The number of amides is 1. The molecule has 8 nitrogen and oxygen atoms in total. The molecule has 4 atom stereocenters. The summed E-state index contributed by atoms with van der Waals surface area (Å²) in [5, 5.41) is 2.61. The van der Waals surface area contributed by atoms with E-state index in [1.54, 1.807) is 0 Å². The first kappa shape index (κ1) is 14.0. The minimum Gasteiger partial charge on any atom is -0.466 e. The van der Waals surface area contributed by atoms with Crippen molar-refractivity contribution in [2.24, 2.45) is 0 Å². The number of nitrogens with one attached hydrogen (secondary N) is 1. The van der Waals surface area contributed by atoms with E-state index in [-0.39, 0.29) is 35.8 Å². The van der Waals surface area contributed by atoms with Crippen LogP contribution in [0.4, 0.5) is 0 Å². The molecule has 0 radical (unpaired) electrons. The van der Waals surface area contributed by atoms with Crippen LogP contribution in [0.5, 0.6) is 0 Å². The molecule has 0 saturated carbocycles. The monoisotopic (exact) mass is 297 g/mol. The van der Waals surface area contributed by atoms with E-state index in [0.29, 0.717) is 0 Å². The fourth-order valence-electron chi connectivity index (χ4n) is 3.08. The number of esters is 2. The number of carbonyl (C=O) groups excluding carboxylic acids is 3. The first-order chi connectivity index (χ1) is 9.96. The highest BCUT2D eigenvalue weighted by Gasteiger charge is 2.75. The molecule has 3 heterocycles. The molecule has 2 saturated heterocycles. The van der Waals surface area contributed by atoms with Crippen molar-refractivity contribution >= 4 is 17.8 Å². The Morgan fingerprint density at radius 2 is 1.90 bits per heavy atom. The maximum atomic E-state index is 12.1. The lowest BCUT2D eigenvalue weighted by Crippen LogP contribution is -2.49. The molecule has 1 N–H and O–H groups in total. The quantitative estimate of drug-likeness (QED) is 0.507. The van der Waals surface area contributed by atoms with Crippen molar-refractivity contribution in [1.29, 1.82) is 0 Å². The molecule has 8 heteroatoms. The van der Waals surface area contributed by atoms with E-state index in [1.807, 2.05) is 0 Å². The van der Waals surface area contributed by atoms with Crippen LogP contribution in [0.2, 0.25) is 0 Å². The largest absolute Gasteiger partial charge is 0.466 e. The van der Waals surface area contributed by atoms with Gasteiger partial charge in [-0.15, -0.1) is 0 Å². The van der Waals surface area contributed by atoms with Gasteiger partial charge in [0.25, 0.3) is 0 Å². The summed E-state index contributed by atoms with van der Waals surface area (Å²) in [6, 6.07) is 0. The van der Waals surface area contributed by atoms with E-state index >= 15 is 0 Å². The summed E-state index contributed by atoms with van der Waals surface area (Å²) in [6.07, 6.45) is -1.32. The Hall–Kier alpha value is -1.93. The SMILES string of the molecule is COC(=O)C1=C(C(=O)OC)C2(CNC(C)=O)OC1C1OC12. The van der Waals surface area contributed by atoms with E-state index in [1.165, 1.54) is 21.1 Å². The topological polar surface area (TPSA) is 103 Å². The van der Waals surface area contributed by atoms with Crippen molar-refractivity contribution in [3.8, 4) is 0 Å². The molecule has 0 aliphatic carbocycles. The van der Waals surface area contributed by atoms with Gasteiger partial charge in [-0.05, 0) is 0 Å². The molecule has 2 bridgehead atoms. The lowest BCUT2D eigenvalue weighted by atomic mass is 9.81. The minimum absolute atomic E-state index is 0.0327. The van der Waals surface area contributed by atoms with Crippen molar-refractivity contribution in [3.05, 3.63) is 11.1 Å². The molecular weight excluding hydrogens is 282 g/mol. The summed E-state index contributed by atoms with van der Waals surface area (Å²) in [4.78, 5) is 35.3. The van der Waals surface area contributed by atoms with Gasteiger partial charge in [0.15, 0.2) is 0 Å². The van der Waals surface area contributed by atoms with Crippen molar-refractivity contribution < 1.29 is 33.3 Å². The summed E-state index contributed by atoms with van der Waals surface area (Å²) < 4.78 is 20.8. The van der Waals surface area contributed by atoms with Gasteiger partial charge in [0.05, 0.1) is 31.9 Å². The molecule has 0 aromatic rings. The Balaban J connectivity index is 2.04. The lowest BCUT2D eigenvalue weighted by molar-refractivity contribution is -0.140. The standard InChI is InChI=1S/C13H15NO7/c1-5(15)14-4-13-7(12(17)19-3)6(11(16)18-2)8(21-13)9-10(13)20-9/h8-10H,4H2,1-3H3,(H,14,15). The highest BCUT2D eigenvalue weighted by molar-refractivity contribution is 6.05. The molecule has 21 heavy (non-hydrogen) atoms. The number of methoxy groups -OCH3 is 2. The lowest BCUT2D eigenvalue weighted by Gasteiger charge is -2.27. The zero-order valence-electron chi connectivity index (χ0n) is 11.8. The fraction of sp³-hybridized carbons (Fsp3) is 0.615. The van der Waals surface area contributed by atoms with E-state index < -0.39 is 23.6 Å². The third-order valence-corrected chi connectivity index (χ3v) is 3.99. The van der Waals surface area contributed by atoms with E-state index in [0.717, 1.165) is 0 Å². The second-order valence-electron chi connectivity index (χ2n) is 5.13. The second-order valence-corrected chi connectivity index (χ2v) is 5.13. The maximum Gasteiger partial charge on any atom is 0.337 e. The van der Waals surface area contributed by atoms with Gasteiger partial charge in [0.2, 0.25) is 5.91 Å². The Labute approximate surface area is 120 Å². The number of fused-ring (bicyclic) bond motifs is 5. The minimum atomic E-state index is -1.18. The molecule has 0 aromatic carbocycles. The van der Waals surface area contributed by atoms with Crippen LogP contribution < -0.4 is 5.32 Å². The van der Waals surface area contributed by atoms with Crippen LogP contribution in [0.1, 0.15) is 6.92 Å². The maximum absolute atomic E-state index is 12.1. The van der Waals surface area contributed by atoms with Crippen LogP contribution in [0.15, 0.2) is 11.1 Å². The van der Waals surface area contributed by atoms with E-state index in [4.69, 9.17) is 18.9 Å². The number of carbonyl (C=O) groups is 3. The van der Waals surface area contributed by atoms with Crippen LogP contribution in [0, 0.1) is 0 Å². The van der Waals surface area contributed by atoms with Gasteiger partial charge < -0.3 is 24.3 Å². The smallest absolute Gasteiger partial charge is 0.337 e. The predicted octanol–water partition coefficient (Wildman–Crippen LogP) is -1.32. The summed E-state index contributed by atoms with van der Waals surface area (Å²) in [6.45, 7) is 1.39. The normalized spacial score (nSPS) is 35.3. The first-order valence-corrected chi connectivity index (χ1v) is 6.45. The van der Waals surface area contributed by atoms with Crippen molar-refractivity contribution in [1.82, 2.24) is 5.32 Å². The van der Waals surface area contributed by atoms with Crippen LogP contribution in [-0.2, 0) is 33.3 Å². The number of hydrogen-bond acceptors (Lipinski definition) is 7. The molecule has 1 amide bonds. The van der Waals surface area contributed by atoms with Gasteiger partial charge in [0.1, 0.15) is 23.9 Å². The van der Waals surface area contributed by atoms with Gasteiger partial charge >= 0.3 is 11.9 Å². The van der Waals surface area contributed by atoms with E-state index in [9.17, 15) is 14.4 Å². The Morgan fingerprint density at radius 1 is 1.24 bits per heavy atom. The van der Waals surface area contributed by atoms with Crippen LogP contribution in [0.3, 0.4) is 0 Å². The summed E-state index contributed by atoms with van der Waals surface area (Å²) in [5.74, 6) is -1.61. The summed E-state index contributed by atoms with van der Waals surface area (Å²) in [7, 11) is 2.44. The van der Waals surface area contributed by atoms with Crippen molar-refractivity contribution in [3.63, 3.8) is 0 Å². The van der Waals surface area contributed by atoms with Crippen LogP contribution in [-0.4, -0.2) is 62.5 Å². The summed E-state index contributed by atoms with van der Waals surface area (Å²) >= 11 is 0. The van der Waals surface area contributed by atoms with Crippen molar-refractivity contribution in [2.45, 2.75) is 30.8 Å². The van der Waals surface area contributed by atoms with E-state index in [2.05, 4.69) is 5.32 Å². The highest BCUT2D eigenvalue weighted by atomic mass is 16.7. The third-order valence-electron chi connectivity index (χ3n) is 3.99. The average Bonchev–Trinajstić information content (AvgIpc) is 3.14. The molecule has 2 fully saturated rings. The molecular formula is C13H15NO7.